The Bertz CT molecular complexity index is 1660. The quantitative estimate of drug-likeness (QED) is 0.309. The van der Waals surface area contributed by atoms with Crippen LogP contribution in [0.25, 0.3) is 22.5 Å². The maximum Gasteiger partial charge on any atom is 0.294 e. The summed E-state index contributed by atoms with van der Waals surface area (Å²) in [4.78, 5) is 45.0. The summed E-state index contributed by atoms with van der Waals surface area (Å²) in [6.45, 7) is 1.58. The number of benzene rings is 2. The summed E-state index contributed by atoms with van der Waals surface area (Å²) in [5.41, 5.74) is 1.33. The molecule has 0 saturated carbocycles. The molecule has 0 spiro atoms. The van der Waals surface area contributed by atoms with Gasteiger partial charge in [0.15, 0.2) is 5.69 Å². The molecule has 5 rings (SSSR count). The van der Waals surface area contributed by atoms with E-state index >= 15 is 0 Å². The van der Waals surface area contributed by atoms with Crippen LogP contribution in [-0.4, -0.2) is 35.1 Å². The van der Waals surface area contributed by atoms with Gasteiger partial charge in [0.05, 0.1) is 27.8 Å². The van der Waals surface area contributed by atoms with E-state index in [4.69, 9.17) is 0 Å². The molecule has 3 aromatic heterocycles. The summed E-state index contributed by atoms with van der Waals surface area (Å²) < 4.78 is 3.02. The number of rotatable bonds is 5. The third-order valence-corrected chi connectivity index (χ3v) is 5.34. The number of nitrogens with zero attached hydrogens (tertiary/aromatic N) is 6. The molecule has 0 aliphatic carbocycles. The maximum atomic E-state index is 12.9. The number of carbonyl (C=O) groups is 1. The molecule has 0 atom stereocenters. The zero-order valence-corrected chi connectivity index (χ0v) is 18.3. The lowest BCUT2D eigenvalue weighted by molar-refractivity contribution is -0.384. The van der Waals surface area contributed by atoms with Crippen LogP contribution in [-0.2, 0) is 0 Å². The number of nitro benzene ring substituents is 1. The summed E-state index contributed by atoms with van der Waals surface area (Å²) >= 11 is 0. The van der Waals surface area contributed by atoms with Crippen molar-refractivity contribution in [3.63, 3.8) is 0 Å². The van der Waals surface area contributed by atoms with Gasteiger partial charge in [-0.1, -0.05) is 24.3 Å². The average Bonchev–Trinajstić information content (AvgIpc) is 3.29. The molecule has 0 unspecified atom stereocenters. The predicted molar refractivity (Wildman–Crippen MR) is 128 cm³/mol. The second-order valence-corrected chi connectivity index (χ2v) is 7.62. The van der Waals surface area contributed by atoms with Crippen molar-refractivity contribution >= 4 is 28.3 Å². The fourth-order valence-electron chi connectivity index (χ4n) is 3.68. The van der Waals surface area contributed by atoms with E-state index in [1.807, 2.05) is 28.8 Å². The molecule has 0 bridgehead atoms. The molecular weight excluding hydrogens is 450 g/mol. The molecule has 2 aromatic carbocycles. The Morgan fingerprint density at radius 2 is 1.80 bits per heavy atom. The Balaban J connectivity index is 1.44. The van der Waals surface area contributed by atoms with Crippen molar-refractivity contribution in [2.45, 2.75) is 6.92 Å². The number of hydrogen-bond acceptors (Lipinski definition) is 7. The summed E-state index contributed by atoms with van der Waals surface area (Å²) in [5, 5.41) is 18.2. The van der Waals surface area contributed by atoms with E-state index in [1.165, 1.54) is 35.1 Å². The van der Waals surface area contributed by atoms with Crippen LogP contribution < -0.4 is 10.7 Å². The zero-order chi connectivity index (χ0) is 24.5. The Morgan fingerprint density at radius 3 is 2.57 bits per heavy atom. The average molecular weight is 467 g/mol. The Kier molecular flexibility index (Phi) is 5.34. The molecule has 0 radical (unpaired) electrons. The van der Waals surface area contributed by atoms with E-state index in [0.717, 1.165) is 11.0 Å². The molecule has 3 heterocycles. The molecule has 0 saturated heterocycles. The first kappa shape index (κ1) is 21.6. The number of aryl methyl sites for hydroxylation is 1. The number of anilines is 1. The largest absolute Gasteiger partial charge is 0.319 e. The van der Waals surface area contributed by atoms with Crippen LogP contribution in [0.5, 0.6) is 0 Å². The second kappa shape index (κ2) is 8.63. The number of carbonyl (C=O) groups excluding carboxylic acids is 1. The van der Waals surface area contributed by atoms with Crippen LogP contribution >= 0.6 is 0 Å². The second-order valence-electron chi connectivity index (χ2n) is 7.62. The number of imidazole rings is 1. The highest BCUT2D eigenvalue weighted by Gasteiger charge is 2.20. The van der Waals surface area contributed by atoms with Crippen molar-refractivity contribution in [3.8, 4) is 11.5 Å². The molecule has 0 fully saturated rings. The highest BCUT2D eigenvalue weighted by molar-refractivity contribution is 6.02. The van der Waals surface area contributed by atoms with Gasteiger partial charge in [-0.3, -0.25) is 24.3 Å². The zero-order valence-electron chi connectivity index (χ0n) is 18.3. The molecule has 35 heavy (non-hydrogen) atoms. The fourth-order valence-corrected chi connectivity index (χ4v) is 3.68. The van der Waals surface area contributed by atoms with E-state index in [1.54, 1.807) is 31.5 Å². The smallest absolute Gasteiger partial charge is 0.294 e. The van der Waals surface area contributed by atoms with Gasteiger partial charge >= 0.3 is 0 Å². The predicted octanol–water partition coefficient (Wildman–Crippen LogP) is 3.44. The monoisotopic (exact) mass is 467 g/mol. The number of pyridine rings is 1. The Labute approximate surface area is 197 Å². The maximum absolute atomic E-state index is 12.9. The number of para-hydroxylation sites is 4. The lowest BCUT2D eigenvalue weighted by Crippen LogP contribution is -2.27. The summed E-state index contributed by atoms with van der Waals surface area (Å²) in [5.74, 6) is -0.158. The minimum Gasteiger partial charge on any atom is -0.319 e. The van der Waals surface area contributed by atoms with Crippen molar-refractivity contribution in [2.24, 2.45) is 0 Å². The minimum atomic E-state index is -0.759. The van der Waals surface area contributed by atoms with Crippen LogP contribution in [0.15, 0.2) is 84.0 Å². The van der Waals surface area contributed by atoms with Crippen LogP contribution in [0.1, 0.15) is 16.2 Å². The third-order valence-electron chi connectivity index (χ3n) is 5.34. The first-order chi connectivity index (χ1) is 16.9. The third kappa shape index (κ3) is 4.02. The van der Waals surface area contributed by atoms with Gasteiger partial charge in [-0.2, -0.15) is 5.10 Å². The lowest BCUT2D eigenvalue weighted by Gasteiger charge is -2.12. The topological polar surface area (TPSA) is 138 Å². The normalized spacial score (nSPS) is 10.9. The molecule has 1 amide bonds. The van der Waals surface area contributed by atoms with Crippen molar-refractivity contribution in [1.29, 1.82) is 0 Å². The first-order valence-electron chi connectivity index (χ1n) is 10.5. The number of nitro groups is 1. The number of nitrogens with one attached hydrogen (secondary N) is 1. The molecule has 172 valence electrons. The lowest BCUT2D eigenvalue weighted by atomic mass is 10.2. The molecular formula is C24H17N7O4. The first-order valence-corrected chi connectivity index (χ1v) is 10.5. The van der Waals surface area contributed by atoms with Crippen molar-refractivity contribution in [2.75, 3.05) is 5.32 Å². The van der Waals surface area contributed by atoms with E-state index in [0.29, 0.717) is 17.2 Å². The van der Waals surface area contributed by atoms with Crippen molar-refractivity contribution < 1.29 is 9.72 Å². The van der Waals surface area contributed by atoms with Gasteiger partial charge in [-0.05, 0) is 37.3 Å². The minimum absolute atomic E-state index is 0.141. The van der Waals surface area contributed by atoms with Gasteiger partial charge < -0.3 is 5.32 Å². The Morgan fingerprint density at radius 1 is 1.03 bits per heavy atom. The van der Waals surface area contributed by atoms with Crippen LogP contribution in [0, 0.1) is 17.0 Å². The summed E-state index contributed by atoms with van der Waals surface area (Å²) in [7, 11) is 0. The van der Waals surface area contributed by atoms with Gasteiger partial charge in [-0.25, -0.2) is 14.6 Å². The standard InChI is InChI=1S/C24H17N7O4/c1-15-12-21(32)23(28-30(15)19-8-4-5-9-20(19)31(34)35)24(33)27-16-10-11-22(25-13-16)29-14-26-17-6-2-3-7-18(17)29/h2-14H,1H3,(H,27,33). The van der Waals surface area contributed by atoms with E-state index < -0.39 is 22.0 Å². The van der Waals surface area contributed by atoms with E-state index in [-0.39, 0.29) is 11.4 Å². The van der Waals surface area contributed by atoms with Crippen molar-refractivity contribution in [3.05, 3.63) is 111 Å². The number of amides is 1. The van der Waals surface area contributed by atoms with E-state index in [2.05, 4.69) is 20.4 Å². The number of fused-ring (bicyclic) bond motifs is 1. The van der Waals surface area contributed by atoms with Crippen LogP contribution in [0.2, 0.25) is 0 Å². The Hall–Kier alpha value is -5.19. The number of aromatic nitrogens is 5. The van der Waals surface area contributed by atoms with Crippen molar-refractivity contribution in [1.82, 2.24) is 24.3 Å². The highest BCUT2D eigenvalue weighted by atomic mass is 16.6. The van der Waals surface area contributed by atoms with Gasteiger partial charge in [0.2, 0.25) is 5.43 Å². The highest BCUT2D eigenvalue weighted by Crippen LogP contribution is 2.22. The molecule has 11 heteroatoms. The molecule has 1 N–H and O–H groups in total. The molecule has 11 nitrogen and oxygen atoms in total. The molecule has 0 aliphatic rings. The fraction of sp³-hybridized carbons (Fsp3) is 0.0417. The molecule has 5 aromatic rings. The SMILES string of the molecule is Cc1cc(=O)c(C(=O)Nc2ccc(-n3cnc4ccccc43)nc2)nn1-c1ccccc1[N+](=O)[O-]. The molecule has 0 aliphatic heterocycles. The van der Waals surface area contributed by atoms with E-state index in [9.17, 15) is 19.7 Å². The van der Waals surface area contributed by atoms with Gasteiger partial charge in [0.1, 0.15) is 17.8 Å². The van der Waals surface area contributed by atoms with Gasteiger partial charge in [0, 0.05) is 17.8 Å². The number of hydrogen-bond donors (Lipinski definition) is 1. The van der Waals surface area contributed by atoms with Gasteiger partial charge in [0.25, 0.3) is 11.6 Å². The van der Waals surface area contributed by atoms with Crippen LogP contribution in [0.4, 0.5) is 11.4 Å². The van der Waals surface area contributed by atoms with Crippen LogP contribution in [0.3, 0.4) is 0 Å². The summed E-state index contributed by atoms with van der Waals surface area (Å²) in [6.07, 6.45) is 3.11. The summed E-state index contributed by atoms with van der Waals surface area (Å²) in [6, 6.07) is 18.1. The van der Waals surface area contributed by atoms with Gasteiger partial charge in [-0.15, -0.1) is 0 Å².